The van der Waals surface area contributed by atoms with Gasteiger partial charge in [-0.25, -0.2) is 0 Å². The molecule has 1 N–H and O–H groups in total. The number of morpholine rings is 1. The summed E-state index contributed by atoms with van der Waals surface area (Å²) in [4.78, 5) is 14.6. The molecule has 1 saturated heterocycles. The molecule has 8 heteroatoms. The van der Waals surface area contributed by atoms with Gasteiger partial charge in [0.15, 0.2) is 5.16 Å². The van der Waals surface area contributed by atoms with Crippen molar-refractivity contribution in [1.82, 2.24) is 15.0 Å². The second kappa shape index (κ2) is 6.51. The molecule has 1 aromatic heterocycles. The van der Waals surface area contributed by atoms with Gasteiger partial charge in [0.05, 0.1) is 19.8 Å². The Kier molecular flexibility index (Phi) is 4.99. The molecule has 0 aromatic carbocycles. The highest BCUT2D eigenvalue weighted by Gasteiger charge is 2.17. The lowest BCUT2D eigenvalue weighted by Crippen LogP contribution is -2.37. The van der Waals surface area contributed by atoms with Gasteiger partial charge in [0, 0.05) is 18.3 Å². The van der Waals surface area contributed by atoms with E-state index in [1.54, 1.807) is 0 Å². The number of thioether (sulfide) groups is 1. The Bertz CT molecular complexity index is 403. The largest absolute Gasteiger partial charge is 0.395 e. The molecule has 1 atom stereocenters. The highest BCUT2D eigenvalue weighted by atomic mass is 35.5. The SMILES string of the molecule is CC(CO)Sc1nc(Cl)nc(N2CCOCC2)n1. The summed E-state index contributed by atoms with van der Waals surface area (Å²) >= 11 is 7.28. The molecule has 1 fully saturated rings. The first-order valence-electron chi connectivity index (χ1n) is 5.71. The number of rotatable bonds is 4. The van der Waals surface area contributed by atoms with Gasteiger partial charge in [-0.05, 0) is 11.6 Å². The summed E-state index contributed by atoms with van der Waals surface area (Å²) in [5.74, 6) is 0.575. The van der Waals surface area contributed by atoms with Gasteiger partial charge in [-0.15, -0.1) is 0 Å². The van der Waals surface area contributed by atoms with Crippen LogP contribution in [0.15, 0.2) is 5.16 Å². The first-order valence-corrected chi connectivity index (χ1v) is 6.96. The second-order valence-corrected chi connectivity index (χ2v) is 5.64. The van der Waals surface area contributed by atoms with Crippen LogP contribution in [0.25, 0.3) is 0 Å². The van der Waals surface area contributed by atoms with E-state index < -0.39 is 0 Å². The molecular weight excluding hydrogens is 276 g/mol. The monoisotopic (exact) mass is 290 g/mol. The minimum absolute atomic E-state index is 0.0287. The number of halogens is 1. The van der Waals surface area contributed by atoms with E-state index in [1.807, 2.05) is 11.8 Å². The van der Waals surface area contributed by atoms with Crippen molar-refractivity contribution in [3.05, 3.63) is 5.28 Å². The summed E-state index contributed by atoms with van der Waals surface area (Å²) in [5, 5.41) is 9.78. The molecule has 0 radical (unpaired) electrons. The zero-order valence-corrected chi connectivity index (χ0v) is 11.6. The smallest absolute Gasteiger partial charge is 0.230 e. The third-order valence-electron chi connectivity index (χ3n) is 2.43. The number of hydrogen-bond donors (Lipinski definition) is 1. The van der Waals surface area contributed by atoms with Crippen LogP contribution in [0.1, 0.15) is 6.92 Å². The van der Waals surface area contributed by atoms with E-state index in [4.69, 9.17) is 21.4 Å². The van der Waals surface area contributed by atoms with Crippen LogP contribution in [0, 0.1) is 0 Å². The van der Waals surface area contributed by atoms with Crippen molar-refractivity contribution in [2.45, 2.75) is 17.3 Å². The van der Waals surface area contributed by atoms with Crippen molar-refractivity contribution in [2.24, 2.45) is 0 Å². The fraction of sp³-hybridized carbons (Fsp3) is 0.700. The van der Waals surface area contributed by atoms with Crippen molar-refractivity contribution in [2.75, 3.05) is 37.8 Å². The number of ether oxygens (including phenoxy) is 1. The Hall–Kier alpha value is -0.630. The molecule has 1 aromatic rings. The van der Waals surface area contributed by atoms with Gasteiger partial charge >= 0.3 is 0 Å². The Morgan fingerprint density at radius 3 is 2.78 bits per heavy atom. The summed E-state index contributed by atoms with van der Waals surface area (Å²) in [6.45, 7) is 4.80. The Morgan fingerprint density at radius 1 is 1.39 bits per heavy atom. The van der Waals surface area contributed by atoms with Gasteiger partial charge in [0.1, 0.15) is 0 Å². The van der Waals surface area contributed by atoms with Crippen molar-refractivity contribution < 1.29 is 9.84 Å². The van der Waals surface area contributed by atoms with Crippen LogP contribution in [0.5, 0.6) is 0 Å². The number of aliphatic hydroxyl groups is 1. The number of aromatic nitrogens is 3. The van der Waals surface area contributed by atoms with Crippen molar-refractivity contribution in [3.8, 4) is 0 Å². The quantitative estimate of drug-likeness (QED) is 0.824. The molecule has 0 spiro atoms. The van der Waals surface area contributed by atoms with Crippen molar-refractivity contribution in [1.29, 1.82) is 0 Å². The number of anilines is 1. The maximum atomic E-state index is 9.03. The third kappa shape index (κ3) is 3.68. The first kappa shape index (κ1) is 13.8. The van der Waals surface area contributed by atoms with Crippen LogP contribution >= 0.6 is 23.4 Å². The molecule has 6 nitrogen and oxygen atoms in total. The summed E-state index contributed by atoms with van der Waals surface area (Å²) in [6.07, 6.45) is 0. The van der Waals surface area contributed by atoms with Crippen LogP contribution in [-0.2, 0) is 4.74 Å². The van der Waals surface area contributed by atoms with Crippen LogP contribution < -0.4 is 4.90 Å². The van der Waals surface area contributed by atoms with Gasteiger partial charge in [0.2, 0.25) is 11.2 Å². The molecule has 0 amide bonds. The lowest BCUT2D eigenvalue weighted by molar-refractivity contribution is 0.122. The predicted octanol–water partition coefficient (Wildman–Crippen LogP) is 0.835. The molecule has 0 saturated carbocycles. The van der Waals surface area contributed by atoms with E-state index in [0.29, 0.717) is 24.3 Å². The predicted molar refractivity (Wildman–Crippen MR) is 70.3 cm³/mol. The fourth-order valence-corrected chi connectivity index (χ4v) is 2.41. The van der Waals surface area contributed by atoms with Crippen molar-refractivity contribution >= 4 is 29.3 Å². The summed E-state index contributed by atoms with van der Waals surface area (Å²) in [5.41, 5.74) is 0. The number of hydrogen-bond acceptors (Lipinski definition) is 7. The fourth-order valence-electron chi connectivity index (χ4n) is 1.50. The zero-order valence-electron chi connectivity index (χ0n) is 10.0. The highest BCUT2D eigenvalue weighted by Crippen LogP contribution is 2.22. The standard InChI is InChI=1S/C10H15ClN4O2S/c1-7(6-16)18-10-13-8(11)12-9(14-10)15-2-4-17-5-3-15/h7,16H,2-6H2,1H3. The zero-order chi connectivity index (χ0) is 13.0. The van der Waals surface area contributed by atoms with Crippen LogP contribution in [0.2, 0.25) is 5.28 Å². The first-order chi connectivity index (χ1) is 8.69. The summed E-state index contributed by atoms with van der Waals surface area (Å²) in [7, 11) is 0. The molecule has 2 rings (SSSR count). The molecule has 0 aliphatic carbocycles. The van der Waals surface area contributed by atoms with E-state index in [0.717, 1.165) is 13.1 Å². The average molecular weight is 291 g/mol. The molecular formula is C10H15ClN4O2S. The summed E-state index contributed by atoms with van der Waals surface area (Å²) < 4.78 is 5.28. The topological polar surface area (TPSA) is 71.4 Å². The molecule has 100 valence electrons. The average Bonchev–Trinajstić information content (AvgIpc) is 2.39. The lowest BCUT2D eigenvalue weighted by Gasteiger charge is -2.26. The van der Waals surface area contributed by atoms with Crippen LogP contribution in [0.3, 0.4) is 0 Å². The highest BCUT2D eigenvalue weighted by molar-refractivity contribution is 7.99. The minimum atomic E-state index is 0.0287. The molecule has 0 bridgehead atoms. The van der Waals surface area contributed by atoms with Gasteiger partial charge in [-0.3, -0.25) is 0 Å². The van der Waals surface area contributed by atoms with Crippen LogP contribution in [0.4, 0.5) is 5.95 Å². The van der Waals surface area contributed by atoms with Gasteiger partial charge in [-0.2, -0.15) is 15.0 Å². The molecule has 1 unspecified atom stereocenters. The molecule has 1 aliphatic rings. The maximum absolute atomic E-state index is 9.03. The van der Waals surface area contributed by atoms with E-state index in [1.165, 1.54) is 11.8 Å². The minimum Gasteiger partial charge on any atom is -0.395 e. The van der Waals surface area contributed by atoms with Crippen LogP contribution in [-0.4, -0.2) is 58.2 Å². The van der Waals surface area contributed by atoms with E-state index in [-0.39, 0.29) is 17.1 Å². The van der Waals surface area contributed by atoms with E-state index in [9.17, 15) is 0 Å². The lowest BCUT2D eigenvalue weighted by atomic mass is 10.4. The van der Waals surface area contributed by atoms with Gasteiger partial charge < -0.3 is 14.7 Å². The molecule has 2 heterocycles. The third-order valence-corrected chi connectivity index (χ3v) is 3.55. The van der Waals surface area contributed by atoms with Crippen molar-refractivity contribution in [3.63, 3.8) is 0 Å². The van der Waals surface area contributed by atoms with Gasteiger partial charge in [-0.1, -0.05) is 18.7 Å². The normalized spacial score (nSPS) is 17.8. The van der Waals surface area contributed by atoms with E-state index >= 15 is 0 Å². The number of nitrogens with zero attached hydrogens (tertiary/aromatic N) is 4. The Morgan fingerprint density at radius 2 is 2.11 bits per heavy atom. The molecule has 18 heavy (non-hydrogen) atoms. The summed E-state index contributed by atoms with van der Waals surface area (Å²) in [6, 6.07) is 0. The number of aliphatic hydroxyl groups excluding tert-OH is 1. The Labute approximate surface area is 115 Å². The second-order valence-electron chi connectivity index (χ2n) is 3.90. The van der Waals surface area contributed by atoms with E-state index in [2.05, 4.69) is 15.0 Å². The van der Waals surface area contributed by atoms with Gasteiger partial charge in [0.25, 0.3) is 0 Å². The maximum Gasteiger partial charge on any atom is 0.230 e. The Balaban J connectivity index is 2.14. The molecule has 1 aliphatic heterocycles.